The number of carboxylic acid groups (broad SMARTS) is 1. The van der Waals surface area contributed by atoms with Gasteiger partial charge in [-0.15, -0.1) is 0 Å². The van der Waals surface area contributed by atoms with Gasteiger partial charge in [-0.05, 0) is 47.0 Å². The van der Waals surface area contributed by atoms with Crippen molar-refractivity contribution in [1.82, 2.24) is 4.90 Å². The molecule has 2 rings (SSSR count). The van der Waals surface area contributed by atoms with Crippen LogP contribution in [0, 0.1) is 0 Å². The monoisotopic (exact) mass is 340 g/mol. The predicted molar refractivity (Wildman–Crippen MR) is 79.5 cm³/mol. The van der Waals surface area contributed by atoms with Gasteiger partial charge in [0.05, 0.1) is 0 Å². The molecule has 1 saturated heterocycles. The molecule has 3 N–H and O–H groups in total. The summed E-state index contributed by atoms with van der Waals surface area (Å²) in [5.74, 6) is -1.20. The maximum Gasteiger partial charge on any atom is 0.326 e. The minimum Gasteiger partial charge on any atom is -0.480 e. The Morgan fingerprint density at radius 3 is 2.70 bits per heavy atom. The molecule has 20 heavy (non-hydrogen) atoms. The molecule has 0 bridgehead atoms. The summed E-state index contributed by atoms with van der Waals surface area (Å²) in [7, 11) is 0. The van der Waals surface area contributed by atoms with Crippen molar-refractivity contribution in [3.8, 4) is 0 Å². The number of anilines is 1. The summed E-state index contributed by atoms with van der Waals surface area (Å²) < 4.78 is 0.722. The molecule has 1 aliphatic heterocycles. The normalized spacial score (nSPS) is 19.4. The third-order valence-electron chi connectivity index (χ3n) is 3.54. The largest absolute Gasteiger partial charge is 0.480 e. The van der Waals surface area contributed by atoms with Gasteiger partial charge >= 0.3 is 5.97 Å². The van der Waals surface area contributed by atoms with Crippen LogP contribution in [0.15, 0.2) is 22.7 Å². The number of halogens is 1. The molecule has 1 fully saturated rings. The molecule has 0 aromatic heterocycles. The lowest BCUT2D eigenvalue weighted by molar-refractivity contribution is -0.142. The lowest BCUT2D eigenvalue weighted by Gasteiger charge is -2.27. The van der Waals surface area contributed by atoms with Gasteiger partial charge in [-0.2, -0.15) is 0 Å². The van der Waals surface area contributed by atoms with Gasteiger partial charge in [-0.25, -0.2) is 4.79 Å². The molecule has 0 aliphatic carbocycles. The minimum atomic E-state index is -0.940. The van der Waals surface area contributed by atoms with E-state index in [-0.39, 0.29) is 5.91 Å². The summed E-state index contributed by atoms with van der Waals surface area (Å²) in [6.45, 7) is 0.478. The highest BCUT2D eigenvalue weighted by Gasteiger charge is 2.31. The molecule has 1 aromatic carbocycles. The standard InChI is InChI=1S/C14H17BrN2O3/c15-10-6-5-9(8-11(10)16)13(18)17-7-3-1-2-4-12(17)14(19)20/h5-6,8,12H,1-4,7,16H2,(H,19,20). The van der Waals surface area contributed by atoms with E-state index < -0.39 is 12.0 Å². The zero-order chi connectivity index (χ0) is 14.7. The van der Waals surface area contributed by atoms with Crippen molar-refractivity contribution in [3.63, 3.8) is 0 Å². The van der Waals surface area contributed by atoms with E-state index in [2.05, 4.69) is 15.9 Å². The number of carboxylic acids is 1. The predicted octanol–water partition coefficient (Wildman–Crippen LogP) is 2.50. The number of carbonyl (C=O) groups is 2. The van der Waals surface area contributed by atoms with Crippen LogP contribution in [0.1, 0.15) is 36.0 Å². The van der Waals surface area contributed by atoms with Crippen LogP contribution in [-0.4, -0.2) is 34.5 Å². The van der Waals surface area contributed by atoms with Crippen LogP contribution in [0.3, 0.4) is 0 Å². The highest BCUT2D eigenvalue weighted by atomic mass is 79.9. The second-order valence-corrected chi connectivity index (χ2v) is 5.79. The van der Waals surface area contributed by atoms with E-state index in [1.54, 1.807) is 18.2 Å². The number of hydrogen-bond donors (Lipinski definition) is 2. The van der Waals surface area contributed by atoms with E-state index in [1.807, 2.05) is 0 Å². The fourth-order valence-corrected chi connectivity index (χ4v) is 2.70. The van der Waals surface area contributed by atoms with Gasteiger partial charge in [0, 0.05) is 22.3 Å². The van der Waals surface area contributed by atoms with Crippen LogP contribution in [0.5, 0.6) is 0 Å². The van der Waals surface area contributed by atoms with Crippen LogP contribution in [0.25, 0.3) is 0 Å². The molecule has 6 heteroatoms. The van der Waals surface area contributed by atoms with Crippen LogP contribution < -0.4 is 5.73 Å². The highest BCUT2D eigenvalue weighted by Crippen LogP contribution is 2.24. The molecule has 5 nitrogen and oxygen atoms in total. The SMILES string of the molecule is Nc1cc(C(=O)N2CCCCCC2C(=O)O)ccc1Br. The zero-order valence-electron chi connectivity index (χ0n) is 11.0. The first-order chi connectivity index (χ1) is 9.50. The van der Waals surface area contributed by atoms with Crippen molar-refractivity contribution in [2.24, 2.45) is 0 Å². The number of carbonyl (C=O) groups excluding carboxylic acids is 1. The first kappa shape index (κ1) is 14.8. The van der Waals surface area contributed by atoms with Gasteiger partial charge in [0.15, 0.2) is 0 Å². The Balaban J connectivity index is 2.28. The second-order valence-electron chi connectivity index (χ2n) is 4.94. The molecule has 0 radical (unpaired) electrons. The fraction of sp³-hybridized carbons (Fsp3) is 0.429. The molecular weight excluding hydrogens is 324 g/mol. The molecule has 1 amide bonds. The molecule has 1 heterocycles. The number of benzene rings is 1. The van der Waals surface area contributed by atoms with Gasteiger partial charge in [-0.3, -0.25) is 4.79 Å². The van der Waals surface area contributed by atoms with Crippen molar-refractivity contribution in [2.75, 3.05) is 12.3 Å². The zero-order valence-corrected chi connectivity index (χ0v) is 12.6. The van der Waals surface area contributed by atoms with E-state index in [4.69, 9.17) is 5.73 Å². The number of amides is 1. The van der Waals surface area contributed by atoms with Crippen molar-refractivity contribution < 1.29 is 14.7 Å². The number of nitrogens with zero attached hydrogens (tertiary/aromatic N) is 1. The van der Waals surface area contributed by atoms with E-state index in [0.29, 0.717) is 24.2 Å². The quantitative estimate of drug-likeness (QED) is 0.810. The number of likely N-dealkylation sites (tertiary alicyclic amines) is 1. The molecule has 0 saturated carbocycles. The maximum atomic E-state index is 12.5. The summed E-state index contributed by atoms with van der Waals surface area (Å²) in [6.07, 6.45) is 3.13. The summed E-state index contributed by atoms with van der Waals surface area (Å²) in [5.41, 5.74) is 6.68. The van der Waals surface area contributed by atoms with E-state index >= 15 is 0 Å². The average molecular weight is 341 g/mol. The number of hydrogen-bond acceptors (Lipinski definition) is 3. The number of aliphatic carboxylic acids is 1. The summed E-state index contributed by atoms with van der Waals surface area (Å²) >= 11 is 3.28. The highest BCUT2D eigenvalue weighted by molar-refractivity contribution is 9.10. The topological polar surface area (TPSA) is 83.6 Å². The summed E-state index contributed by atoms with van der Waals surface area (Å²) in [4.78, 5) is 25.3. The van der Waals surface area contributed by atoms with E-state index in [0.717, 1.165) is 23.7 Å². The van der Waals surface area contributed by atoms with Gasteiger partial charge in [0.2, 0.25) is 0 Å². The first-order valence-corrected chi connectivity index (χ1v) is 7.39. The van der Waals surface area contributed by atoms with Crippen molar-refractivity contribution >= 4 is 33.5 Å². The number of nitrogen functional groups attached to an aromatic ring is 1. The van der Waals surface area contributed by atoms with Gasteiger partial charge in [0.1, 0.15) is 6.04 Å². The Morgan fingerprint density at radius 1 is 1.30 bits per heavy atom. The average Bonchev–Trinajstić information content (AvgIpc) is 2.66. The smallest absolute Gasteiger partial charge is 0.326 e. The third-order valence-corrected chi connectivity index (χ3v) is 4.26. The Kier molecular flexibility index (Phi) is 4.65. The lowest BCUT2D eigenvalue weighted by atomic mass is 10.1. The van der Waals surface area contributed by atoms with Crippen LogP contribution in [0.2, 0.25) is 0 Å². The molecular formula is C14H17BrN2O3. The second kappa shape index (κ2) is 6.26. The lowest BCUT2D eigenvalue weighted by Crippen LogP contribution is -2.44. The Bertz CT molecular complexity index is 533. The number of rotatable bonds is 2. The van der Waals surface area contributed by atoms with Crippen molar-refractivity contribution in [1.29, 1.82) is 0 Å². The Morgan fingerprint density at radius 2 is 2.05 bits per heavy atom. The summed E-state index contributed by atoms with van der Waals surface area (Å²) in [6, 6.07) is 4.20. The molecule has 1 aliphatic rings. The van der Waals surface area contributed by atoms with Crippen molar-refractivity contribution in [2.45, 2.75) is 31.7 Å². The Labute approximate surface area is 125 Å². The van der Waals surface area contributed by atoms with E-state index in [1.165, 1.54) is 4.90 Å². The van der Waals surface area contributed by atoms with Crippen LogP contribution >= 0.6 is 15.9 Å². The van der Waals surface area contributed by atoms with Crippen molar-refractivity contribution in [3.05, 3.63) is 28.2 Å². The van der Waals surface area contributed by atoms with Gasteiger partial charge in [0.25, 0.3) is 5.91 Å². The molecule has 1 aromatic rings. The molecule has 1 atom stereocenters. The Hall–Kier alpha value is -1.56. The minimum absolute atomic E-state index is 0.265. The maximum absolute atomic E-state index is 12.5. The van der Waals surface area contributed by atoms with Gasteiger partial charge < -0.3 is 15.7 Å². The summed E-state index contributed by atoms with van der Waals surface area (Å²) in [5, 5.41) is 9.30. The first-order valence-electron chi connectivity index (χ1n) is 6.59. The molecule has 108 valence electrons. The fourth-order valence-electron chi connectivity index (χ4n) is 2.45. The van der Waals surface area contributed by atoms with E-state index in [9.17, 15) is 14.7 Å². The van der Waals surface area contributed by atoms with Gasteiger partial charge in [-0.1, -0.05) is 12.8 Å². The van der Waals surface area contributed by atoms with Crippen LogP contribution in [-0.2, 0) is 4.79 Å². The van der Waals surface area contributed by atoms with Crippen LogP contribution in [0.4, 0.5) is 5.69 Å². The molecule has 0 spiro atoms. The molecule has 1 unspecified atom stereocenters. The number of nitrogens with two attached hydrogens (primary N) is 1. The third kappa shape index (κ3) is 3.12.